The number of aromatic nitrogens is 2. The van der Waals surface area contributed by atoms with E-state index in [0.29, 0.717) is 18.1 Å². The normalized spacial score (nSPS) is 12.3. The van der Waals surface area contributed by atoms with Gasteiger partial charge in [0.05, 0.1) is 6.10 Å². The van der Waals surface area contributed by atoms with E-state index in [1.807, 2.05) is 6.92 Å². The summed E-state index contributed by atoms with van der Waals surface area (Å²) >= 11 is 1.45. The summed E-state index contributed by atoms with van der Waals surface area (Å²) in [5.41, 5.74) is 1.00. The van der Waals surface area contributed by atoms with Gasteiger partial charge in [0.25, 0.3) is 0 Å². The summed E-state index contributed by atoms with van der Waals surface area (Å²) in [7, 11) is 0. The zero-order chi connectivity index (χ0) is 14.4. The van der Waals surface area contributed by atoms with E-state index in [4.69, 9.17) is 0 Å². The topological polar surface area (TPSA) is 58.0 Å². The van der Waals surface area contributed by atoms with Gasteiger partial charge in [-0.3, -0.25) is 0 Å². The van der Waals surface area contributed by atoms with Gasteiger partial charge in [-0.25, -0.2) is 4.39 Å². The largest absolute Gasteiger partial charge is 0.391 e. The smallest absolute Gasteiger partial charge is 0.205 e. The third-order valence-electron chi connectivity index (χ3n) is 2.85. The minimum atomic E-state index is -0.357. The van der Waals surface area contributed by atoms with Crippen molar-refractivity contribution in [3.8, 4) is 0 Å². The number of nitrogens with zero attached hydrogens (tertiary/aromatic N) is 2. The molecule has 2 N–H and O–H groups in total. The molecule has 0 amide bonds. The number of rotatable bonds is 7. The number of aliphatic hydroxyl groups excluding tert-OH is 1. The highest BCUT2D eigenvalue weighted by Gasteiger charge is 2.07. The fraction of sp³-hybridized carbons (Fsp3) is 0.429. The molecule has 1 atom stereocenters. The number of aliphatic hydroxyl groups is 1. The summed E-state index contributed by atoms with van der Waals surface area (Å²) in [5.74, 6) is -0.238. The van der Waals surface area contributed by atoms with Gasteiger partial charge in [-0.05, 0) is 24.1 Å². The van der Waals surface area contributed by atoms with Gasteiger partial charge in [0.2, 0.25) is 5.13 Å². The van der Waals surface area contributed by atoms with Crippen LogP contribution in [0.5, 0.6) is 0 Å². The Labute approximate surface area is 121 Å². The van der Waals surface area contributed by atoms with Crippen LogP contribution in [0.2, 0.25) is 0 Å². The minimum Gasteiger partial charge on any atom is -0.391 e. The third-order valence-corrected chi connectivity index (χ3v) is 3.73. The number of nitrogens with one attached hydrogen (secondary N) is 1. The minimum absolute atomic E-state index is 0.238. The van der Waals surface area contributed by atoms with Gasteiger partial charge in [-0.1, -0.05) is 36.8 Å². The van der Waals surface area contributed by atoms with Crippen molar-refractivity contribution in [2.24, 2.45) is 0 Å². The maximum Gasteiger partial charge on any atom is 0.205 e. The summed E-state index contributed by atoms with van der Waals surface area (Å²) in [6, 6.07) is 6.37. The lowest BCUT2D eigenvalue weighted by Crippen LogP contribution is -2.18. The van der Waals surface area contributed by atoms with Crippen molar-refractivity contribution in [2.45, 2.75) is 32.3 Å². The lowest BCUT2D eigenvalue weighted by molar-refractivity contribution is 0.176. The van der Waals surface area contributed by atoms with Crippen LogP contribution >= 0.6 is 11.3 Å². The van der Waals surface area contributed by atoms with Gasteiger partial charge in [0, 0.05) is 13.0 Å². The van der Waals surface area contributed by atoms with Gasteiger partial charge in [-0.15, -0.1) is 10.2 Å². The van der Waals surface area contributed by atoms with Gasteiger partial charge < -0.3 is 10.4 Å². The van der Waals surface area contributed by atoms with E-state index in [1.54, 1.807) is 12.1 Å². The second-order valence-electron chi connectivity index (χ2n) is 4.63. The Hall–Kier alpha value is -1.53. The SMILES string of the molecule is CCCC(O)CNc1nnc(Cc2ccc(F)cc2)s1. The molecule has 0 spiro atoms. The number of anilines is 1. The van der Waals surface area contributed by atoms with Crippen molar-refractivity contribution >= 4 is 16.5 Å². The van der Waals surface area contributed by atoms with Crippen LogP contribution in [-0.2, 0) is 6.42 Å². The molecule has 1 aromatic heterocycles. The maximum absolute atomic E-state index is 12.8. The molecule has 0 aliphatic rings. The van der Waals surface area contributed by atoms with Crippen LogP contribution in [0.3, 0.4) is 0 Å². The number of halogens is 1. The maximum atomic E-state index is 12.8. The fourth-order valence-corrected chi connectivity index (χ4v) is 2.59. The Morgan fingerprint density at radius 2 is 2.05 bits per heavy atom. The summed E-state index contributed by atoms with van der Waals surface area (Å²) in [5, 5.41) is 22.4. The van der Waals surface area contributed by atoms with Crippen LogP contribution in [0.4, 0.5) is 9.52 Å². The van der Waals surface area contributed by atoms with E-state index in [1.165, 1.54) is 23.5 Å². The zero-order valence-corrected chi connectivity index (χ0v) is 12.2. The monoisotopic (exact) mass is 295 g/mol. The lowest BCUT2D eigenvalue weighted by atomic mass is 10.2. The molecule has 0 bridgehead atoms. The van der Waals surface area contributed by atoms with Crippen LogP contribution in [0, 0.1) is 5.82 Å². The molecule has 0 saturated carbocycles. The highest BCUT2D eigenvalue weighted by atomic mass is 32.1. The fourth-order valence-electron chi connectivity index (χ4n) is 1.81. The highest BCUT2D eigenvalue weighted by molar-refractivity contribution is 7.15. The first kappa shape index (κ1) is 14.9. The Morgan fingerprint density at radius 3 is 2.75 bits per heavy atom. The van der Waals surface area contributed by atoms with Crippen molar-refractivity contribution < 1.29 is 9.50 Å². The molecular weight excluding hydrogens is 277 g/mol. The molecule has 1 heterocycles. The first-order chi connectivity index (χ1) is 9.67. The zero-order valence-electron chi connectivity index (χ0n) is 11.3. The van der Waals surface area contributed by atoms with E-state index < -0.39 is 0 Å². The molecular formula is C14H18FN3OS. The van der Waals surface area contributed by atoms with E-state index in [2.05, 4.69) is 15.5 Å². The second kappa shape index (κ2) is 7.31. The van der Waals surface area contributed by atoms with Crippen molar-refractivity contribution in [2.75, 3.05) is 11.9 Å². The van der Waals surface area contributed by atoms with E-state index in [0.717, 1.165) is 23.4 Å². The number of benzene rings is 1. The van der Waals surface area contributed by atoms with E-state index in [-0.39, 0.29) is 11.9 Å². The molecule has 2 aromatic rings. The molecule has 20 heavy (non-hydrogen) atoms. The molecule has 6 heteroatoms. The van der Waals surface area contributed by atoms with Gasteiger partial charge in [0.1, 0.15) is 10.8 Å². The average Bonchev–Trinajstić information content (AvgIpc) is 2.87. The number of hydrogen-bond donors (Lipinski definition) is 2. The molecule has 0 aliphatic heterocycles. The molecule has 0 fully saturated rings. The molecule has 0 radical (unpaired) electrons. The second-order valence-corrected chi connectivity index (χ2v) is 5.69. The third kappa shape index (κ3) is 4.54. The quantitative estimate of drug-likeness (QED) is 0.824. The van der Waals surface area contributed by atoms with Crippen LogP contribution in [-0.4, -0.2) is 28.0 Å². The molecule has 1 unspecified atom stereocenters. The lowest BCUT2D eigenvalue weighted by Gasteiger charge is -2.08. The van der Waals surface area contributed by atoms with Crippen molar-refractivity contribution in [3.05, 3.63) is 40.7 Å². The van der Waals surface area contributed by atoms with E-state index >= 15 is 0 Å². The van der Waals surface area contributed by atoms with Crippen LogP contribution in [0.15, 0.2) is 24.3 Å². The van der Waals surface area contributed by atoms with Crippen molar-refractivity contribution in [1.29, 1.82) is 0 Å². The van der Waals surface area contributed by atoms with E-state index in [9.17, 15) is 9.50 Å². The van der Waals surface area contributed by atoms with Crippen molar-refractivity contribution in [1.82, 2.24) is 10.2 Å². The highest BCUT2D eigenvalue weighted by Crippen LogP contribution is 2.18. The van der Waals surface area contributed by atoms with Gasteiger partial charge in [-0.2, -0.15) is 0 Å². The predicted molar refractivity (Wildman–Crippen MR) is 78.5 cm³/mol. The summed E-state index contributed by atoms with van der Waals surface area (Å²) in [6.45, 7) is 2.52. The standard InChI is InChI=1S/C14H18FN3OS/c1-2-3-12(19)9-16-14-18-17-13(20-14)8-10-4-6-11(15)7-5-10/h4-7,12,19H,2-3,8-9H2,1H3,(H,16,18). The summed E-state index contributed by atoms with van der Waals surface area (Å²) in [6.07, 6.45) is 2.00. The van der Waals surface area contributed by atoms with Gasteiger partial charge in [0.15, 0.2) is 0 Å². The van der Waals surface area contributed by atoms with Gasteiger partial charge >= 0.3 is 0 Å². The molecule has 0 aliphatic carbocycles. The van der Waals surface area contributed by atoms with Crippen LogP contribution < -0.4 is 5.32 Å². The van der Waals surface area contributed by atoms with Crippen LogP contribution in [0.25, 0.3) is 0 Å². The predicted octanol–water partition coefficient (Wildman–Crippen LogP) is 2.84. The average molecular weight is 295 g/mol. The molecule has 4 nitrogen and oxygen atoms in total. The first-order valence-corrected chi connectivity index (χ1v) is 7.47. The molecule has 2 rings (SSSR count). The van der Waals surface area contributed by atoms with Crippen LogP contribution in [0.1, 0.15) is 30.3 Å². The Kier molecular flexibility index (Phi) is 5.43. The summed E-state index contributed by atoms with van der Waals surface area (Å²) < 4.78 is 12.8. The molecule has 0 saturated heterocycles. The molecule has 1 aromatic carbocycles. The summed E-state index contributed by atoms with van der Waals surface area (Å²) in [4.78, 5) is 0. The molecule has 108 valence electrons. The number of hydrogen-bond acceptors (Lipinski definition) is 5. The Morgan fingerprint density at radius 1 is 1.30 bits per heavy atom. The Bertz CT molecular complexity index is 529. The first-order valence-electron chi connectivity index (χ1n) is 6.66. The Balaban J connectivity index is 1.87. The van der Waals surface area contributed by atoms with Crippen molar-refractivity contribution in [3.63, 3.8) is 0 Å².